The van der Waals surface area contributed by atoms with Crippen LogP contribution in [0.1, 0.15) is 34.9 Å². The predicted molar refractivity (Wildman–Crippen MR) is 106 cm³/mol. The zero-order chi connectivity index (χ0) is 18.6. The molecule has 1 saturated heterocycles. The van der Waals surface area contributed by atoms with Gasteiger partial charge in [0.25, 0.3) is 5.91 Å². The normalized spacial score (nSPS) is 16.9. The third-order valence-electron chi connectivity index (χ3n) is 4.74. The van der Waals surface area contributed by atoms with Crippen molar-refractivity contribution in [3.05, 3.63) is 71.4 Å². The van der Waals surface area contributed by atoms with E-state index in [0.29, 0.717) is 22.2 Å². The second kappa shape index (κ2) is 7.80. The van der Waals surface area contributed by atoms with Crippen molar-refractivity contribution in [3.8, 4) is 0 Å². The number of H-pyrrole nitrogens is 1. The summed E-state index contributed by atoms with van der Waals surface area (Å²) >= 11 is 5.95. The molecule has 0 spiro atoms. The highest BCUT2D eigenvalue weighted by Gasteiger charge is 2.24. The molecule has 1 fully saturated rings. The summed E-state index contributed by atoms with van der Waals surface area (Å²) in [5.74, 6) is 2.08. The Bertz CT molecular complexity index is 910. The van der Waals surface area contributed by atoms with Gasteiger partial charge < -0.3 is 15.2 Å². The number of halogens is 1. The number of nitrogens with one attached hydrogen (secondary N) is 2. The van der Waals surface area contributed by atoms with Gasteiger partial charge in [0.15, 0.2) is 0 Å². The number of pyridine rings is 1. The standard InChI is InChI=1S/C20H20ClN5O/c21-16-4-1-5-17(11-16)25-20(27)14-6-7-18(24-12-14)26-10-2-3-15(13-26)19-22-8-9-23-19/h1,4-9,11-12,15H,2-3,10,13H2,(H,22,23)(H,25,27). The van der Waals surface area contributed by atoms with Crippen molar-refractivity contribution >= 4 is 29.0 Å². The van der Waals surface area contributed by atoms with Crippen LogP contribution in [0.3, 0.4) is 0 Å². The number of amides is 1. The van der Waals surface area contributed by atoms with E-state index in [-0.39, 0.29) is 5.91 Å². The van der Waals surface area contributed by atoms with E-state index < -0.39 is 0 Å². The van der Waals surface area contributed by atoms with Gasteiger partial charge in [0, 0.05) is 48.3 Å². The number of rotatable bonds is 4. The topological polar surface area (TPSA) is 73.9 Å². The maximum atomic E-state index is 12.4. The molecule has 1 aliphatic rings. The van der Waals surface area contributed by atoms with E-state index in [9.17, 15) is 4.79 Å². The van der Waals surface area contributed by atoms with E-state index in [1.165, 1.54) is 0 Å². The molecule has 1 aromatic carbocycles. The molecule has 0 radical (unpaired) electrons. The Balaban J connectivity index is 1.43. The van der Waals surface area contributed by atoms with Crippen molar-refractivity contribution in [2.45, 2.75) is 18.8 Å². The van der Waals surface area contributed by atoms with Crippen LogP contribution >= 0.6 is 11.6 Å². The number of anilines is 2. The monoisotopic (exact) mass is 381 g/mol. The van der Waals surface area contributed by atoms with E-state index in [2.05, 4.69) is 25.2 Å². The average Bonchev–Trinajstić information content (AvgIpc) is 3.23. The molecule has 0 aliphatic carbocycles. The molecular formula is C20H20ClN5O. The lowest BCUT2D eigenvalue weighted by Gasteiger charge is -2.32. The van der Waals surface area contributed by atoms with Gasteiger partial charge in [-0.05, 0) is 43.2 Å². The van der Waals surface area contributed by atoms with Crippen molar-refractivity contribution in [1.82, 2.24) is 15.0 Å². The highest BCUT2D eigenvalue weighted by atomic mass is 35.5. The maximum Gasteiger partial charge on any atom is 0.257 e. The van der Waals surface area contributed by atoms with E-state index in [1.807, 2.05) is 12.3 Å². The molecule has 1 amide bonds. The van der Waals surface area contributed by atoms with Crippen LogP contribution in [0.5, 0.6) is 0 Å². The number of nitrogens with zero attached hydrogens (tertiary/aromatic N) is 3. The molecule has 7 heteroatoms. The van der Waals surface area contributed by atoms with Crippen LogP contribution in [0.2, 0.25) is 5.02 Å². The van der Waals surface area contributed by atoms with Crippen LogP contribution in [0, 0.1) is 0 Å². The Labute approximate surface area is 162 Å². The van der Waals surface area contributed by atoms with E-state index in [1.54, 1.807) is 42.7 Å². The second-order valence-electron chi connectivity index (χ2n) is 6.63. The number of aromatic amines is 1. The number of hydrogen-bond donors (Lipinski definition) is 2. The van der Waals surface area contributed by atoms with Crippen LogP contribution in [0.4, 0.5) is 11.5 Å². The highest BCUT2D eigenvalue weighted by molar-refractivity contribution is 6.30. The summed E-state index contributed by atoms with van der Waals surface area (Å²) in [6.07, 6.45) is 7.47. The molecule has 2 aromatic heterocycles. The number of imidazole rings is 1. The van der Waals surface area contributed by atoms with Gasteiger partial charge in [0.1, 0.15) is 11.6 Å². The SMILES string of the molecule is O=C(Nc1cccc(Cl)c1)c1ccc(N2CCCC(c3ncc[nH]3)C2)nc1. The summed E-state index contributed by atoms with van der Waals surface area (Å²) in [5, 5.41) is 3.42. The summed E-state index contributed by atoms with van der Waals surface area (Å²) in [4.78, 5) is 26.7. The third-order valence-corrected chi connectivity index (χ3v) is 4.98. The van der Waals surface area contributed by atoms with Crippen molar-refractivity contribution in [3.63, 3.8) is 0 Å². The van der Waals surface area contributed by atoms with Crippen LogP contribution in [0.25, 0.3) is 0 Å². The van der Waals surface area contributed by atoms with Crippen molar-refractivity contribution in [1.29, 1.82) is 0 Å². The van der Waals surface area contributed by atoms with Crippen molar-refractivity contribution in [2.75, 3.05) is 23.3 Å². The third kappa shape index (κ3) is 4.11. The summed E-state index contributed by atoms with van der Waals surface area (Å²) < 4.78 is 0. The van der Waals surface area contributed by atoms with Gasteiger partial charge in [-0.2, -0.15) is 0 Å². The Morgan fingerprint density at radius 1 is 1.26 bits per heavy atom. The van der Waals surface area contributed by atoms with Crippen molar-refractivity contribution in [2.24, 2.45) is 0 Å². The van der Waals surface area contributed by atoms with Crippen LogP contribution in [0.15, 0.2) is 55.0 Å². The Morgan fingerprint density at radius 2 is 2.19 bits per heavy atom. The van der Waals surface area contributed by atoms with Gasteiger partial charge in [-0.1, -0.05) is 17.7 Å². The van der Waals surface area contributed by atoms with Gasteiger partial charge in [-0.15, -0.1) is 0 Å². The molecule has 2 N–H and O–H groups in total. The van der Waals surface area contributed by atoms with Crippen LogP contribution in [-0.4, -0.2) is 33.9 Å². The maximum absolute atomic E-state index is 12.4. The molecule has 6 nitrogen and oxygen atoms in total. The lowest BCUT2D eigenvalue weighted by atomic mass is 9.97. The van der Waals surface area contributed by atoms with Gasteiger partial charge in [0.05, 0.1) is 5.56 Å². The molecule has 0 bridgehead atoms. The first-order valence-corrected chi connectivity index (χ1v) is 9.34. The van der Waals surface area contributed by atoms with E-state index >= 15 is 0 Å². The summed E-state index contributed by atoms with van der Waals surface area (Å²) in [6.45, 7) is 1.83. The molecule has 4 rings (SSSR count). The summed E-state index contributed by atoms with van der Waals surface area (Å²) in [5.41, 5.74) is 1.17. The molecular weight excluding hydrogens is 362 g/mol. The first kappa shape index (κ1) is 17.5. The number of carbonyl (C=O) groups excluding carboxylic acids is 1. The second-order valence-corrected chi connectivity index (χ2v) is 7.07. The van der Waals surface area contributed by atoms with Crippen LogP contribution < -0.4 is 10.2 Å². The van der Waals surface area contributed by atoms with Gasteiger partial charge in [0.2, 0.25) is 0 Å². The van der Waals surface area contributed by atoms with Gasteiger partial charge >= 0.3 is 0 Å². The van der Waals surface area contributed by atoms with E-state index in [4.69, 9.17) is 11.6 Å². The quantitative estimate of drug-likeness (QED) is 0.713. The predicted octanol–water partition coefficient (Wildman–Crippen LogP) is 4.09. The molecule has 3 aromatic rings. The zero-order valence-corrected chi connectivity index (χ0v) is 15.5. The van der Waals surface area contributed by atoms with Crippen LogP contribution in [-0.2, 0) is 0 Å². The highest BCUT2D eigenvalue weighted by Crippen LogP contribution is 2.27. The fraction of sp³-hybridized carbons (Fsp3) is 0.250. The fourth-order valence-corrected chi connectivity index (χ4v) is 3.58. The lowest BCUT2D eigenvalue weighted by molar-refractivity contribution is 0.102. The first-order chi connectivity index (χ1) is 13.2. The number of aromatic nitrogens is 3. The van der Waals surface area contributed by atoms with E-state index in [0.717, 1.165) is 37.6 Å². The molecule has 3 heterocycles. The molecule has 1 atom stereocenters. The Kier molecular flexibility index (Phi) is 5.07. The number of piperidine rings is 1. The van der Waals surface area contributed by atoms with Gasteiger partial charge in [-0.3, -0.25) is 4.79 Å². The smallest absolute Gasteiger partial charge is 0.257 e. The van der Waals surface area contributed by atoms with Crippen molar-refractivity contribution < 1.29 is 4.79 Å². The minimum absolute atomic E-state index is 0.205. The first-order valence-electron chi connectivity index (χ1n) is 8.96. The Hall–Kier alpha value is -2.86. The Morgan fingerprint density at radius 3 is 2.93 bits per heavy atom. The number of benzene rings is 1. The lowest BCUT2D eigenvalue weighted by Crippen LogP contribution is -2.35. The number of carbonyl (C=O) groups is 1. The minimum atomic E-state index is -0.205. The average molecular weight is 382 g/mol. The largest absolute Gasteiger partial charge is 0.356 e. The van der Waals surface area contributed by atoms with Gasteiger partial charge in [-0.25, -0.2) is 9.97 Å². The zero-order valence-electron chi connectivity index (χ0n) is 14.7. The fourth-order valence-electron chi connectivity index (χ4n) is 3.39. The summed E-state index contributed by atoms with van der Waals surface area (Å²) in [7, 11) is 0. The molecule has 27 heavy (non-hydrogen) atoms. The summed E-state index contributed by atoms with van der Waals surface area (Å²) in [6, 6.07) is 10.8. The molecule has 138 valence electrons. The number of hydrogen-bond acceptors (Lipinski definition) is 4. The molecule has 1 aliphatic heterocycles. The minimum Gasteiger partial charge on any atom is -0.356 e. The molecule has 1 unspecified atom stereocenters. The molecule has 0 saturated carbocycles.